The number of hydrazine groups is 1. The van der Waals surface area contributed by atoms with Gasteiger partial charge in [-0.3, -0.25) is 14.5 Å². The van der Waals surface area contributed by atoms with Gasteiger partial charge in [0.1, 0.15) is 0 Å². The smallest absolute Gasteiger partial charge is 0.321 e. The number of amides is 1. The number of aromatic nitrogens is 3. The van der Waals surface area contributed by atoms with Crippen LogP contribution in [-0.4, -0.2) is 32.9 Å². The molecule has 1 aromatic carbocycles. The Hall–Kier alpha value is -3.73. The summed E-state index contributed by atoms with van der Waals surface area (Å²) in [4.78, 5) is 16.9. The van der Waals surface area contributed by atoms with E-state index in [9.17, 15) is 18.0 Å². The molecule has 0 aliphatic heterocycles. The number of rotatable bonds is 6. The largest absolute Gasteiger partial charge is 0.416 e. The predicted octanol–water partition coefficient (Wildman–Crippen LogP) is 3.76. The van der Waals surface area contributed by atoms with Crippen LogP contribution in [-0.2, 0) is 13.2 Å². The SMILES string of the molecule is Cc1ccc(C(F)(F)F)cc1C(=O)Nc1cnc(C)c(N(N)CC(=N)c2cnn(C)c2C)c1. The number of nitrogens with zero attached hydrogens (tertiary/aromatic N) is 4. The highest BCUT2D eigenvalue weighted by Crippen LogP contribution is 2.31. The molecule has 33 heavy (non-hydrogen) atoms. The number of anilines is 2. The molecule has 2 aromatic heterocycles. The maximum atomic E-state index is 13.0. The molecular weight excluding hydrogens is 435 g/mol. The second-order valence-electron chi connectivity index (χ2n) is 7.68. The standard InChI is InChI=1S/C22H24F3N7O/c1-12-5-6-15(22(23,24)25)7-17(12)21(33)30-16-8-20(13(2)28-9-16)32(27)11-19(26)18-10-29-31(4)14(18)3/h5-10,26H,11,27H2,1-4H3,(H,30,33). The van der Waals surface area contributed by atoms with Crippen molar-refractivity contribution in [2.45, 2.75) is 26.9 Å². The van der Waals surface area contributed by atoms with Gasteiger partial charge in [0, 0.05) is 23.9 Å². The molecule has 0 radical (unpaired) electrons. The third-order valence-electron chi connectivity index (χ3n) is 5.33. The fourth-order valence-electron chi connectivity index (χ4n) is 3.26. The third kappa shape index (κ3) is 5.20. The summed E-state index contributed by atoms with van der Waals surface area (Å²) in [6.07, 6.45) is -1.58. The molecule has 0 bridgehead atoms. The first-order chi connectivity index (χ1) is 15.4. The van der Waals surface area contributed by atoms with E-state index in [2.05, 4.69) is 15.4 Å². The summed E-state index contributed by atoms with van der Waals surface area (Å²) in [5.74, 6) is 5.48. The van der Waals surface area contributed by atoms with Gasteiger partial charge in [-0.25, -0.2) is 5.84 Å². The molecule has 0 saturated carbocycles. The number of aryl methyl sites for hydroxylation is 3. The first-order valence-corrected chi connectivity index (χ1v) is 9.93. The second kappa shape index (κ2) is 9.02. The van der Waals surface area contributed by atoms with Gasteiger partial charge in [-0.15, -0.1) is 0 Å². The van der Waals surface area contributed by atoms with Crippen LogP contribution in [0.25, 0.3) is 0 Å². The summed E-state index contributed by atoms with van der Waals surface area (Å²) in [6, 6.07) is 4.57. The molecule has 0 aliphatic rings. The van der Waals surface area contributed by atoms with Crippen LogP contribution in [0.4, 0.5) is 24.5 Å². The van der Waals surface area contributed by atoms with Crippen molar-refractivity contribution in [3.8, 4) is 0 Å². The zero-order valence-electron chi connectivity index (χ0n) is 18.6. The van der Waals surface area contributed by atoms with Crippen LogP contribution in [0, 0.1) is 26.2 Å². The van der Waals surface area contributed by atoms with Crippen molar-refractivity contribution in [2.24, 2.45) is 12.9 Å². The number of nitrogens with two attached hydrogens (primary N) is 1. The van der Waals surface area contributed by atoms with E-state index < -0.39 is 17.6 Å². The van der Waals surface area contributed by atoms with Crippen molar-refractivity contribution in [3.05, 3.63) is 70.3 Å². The highest BCUT2D eigenvalue weighted by atomic mass is 19.4. The molecule has 4 N–H and O–H groups in total. The topological polar surface area (TPSA) is 113 Å². The zero-order chi connectivity index (χ0) is 24.5. The number of pyridine rings is 1. The van der Waals surface area contributed by atoms with E-state index in [1.165, 1.54) is 17.3 Å². The number of hydrogen-bond donors (Lipinski definition) is 3. The number of alkyl halides is 3. The van der Waals surface area contributed by atoms with Gasteiger partial charge in [0.25, 0.3) is 5.91 Å². The van der Waals surface area contributed by atoms with E-state index in [4.69, 9.17) is 11.3 Å². The minimum atomic E-state index is -4.56. The number of carbonyl (C=O) groups excluding carboxylic acids is 1. The number of nitrogens with one attached hydrogen (secondary N) is 2. The molecule has 0 unspecified atom stereocenters. The Balaban J connectivity index is 1.81. The van der Waals surface area contributed by atoms with Crippen molar-refractivity contribution in [2.75, 3.05) is 16.9 Å². The van der Waals surface area contributed by atoms with Crippen LogP contribution >= 0.6 is 0 Å². The highest BCUT2D eigenvalue weighted by molar-refractivity contribution is 6.05. The van der Waals surface area contributed by atoms with Crippen molar-refractivity contribution < 1.29 is 18.0 Å². The van der Waals surface area contributed by atoms with Crippen LogP contribution in [0.2, 0.25) is 0 Å². The van der Waals surface area contributed by atoms with Gasteiger partial charge in [0.2, 0.25) is 0 Å². The summed E-state index contributed by atoms with van der Waals surface area (Å²) in [6.45, 7) is 5.17. The summed E-state index contributed by atoms with van der Waals surface area (Å²) in [5.41, 5.74) is 2.41. The average Bonchev–Trinajstić information content (AvgIpc) is 3.07. The van der Waals surface area contributed by atoms with Crippen molar-refractivity contribution in [1.29, 1.82) is 5.41 Å². The molecule has 0 atom stereocenters. The Morgan fingerprint density at radius 2 is 1.88 bits per heavy atom. The van der Waals surface area contributed by atoms with Gasteiger partial charge < -0.3 is 15.7 Å². The fraction of sp³-hybridized carbons (Fsp3) is 0.273. The van der Waals surface area contributed by atoms with Gasteiger partial charge in [-0.05, 0) is 44.5 Å². The van der Waals surface area contributed by atoms with Crippen LogP contribution in [0.15, 0.2) is 36.7 Å². The minimum absolute atomic E-state index is 0.0548. The molecule has 2 heterocycles. The predicted molar refractivity (Wildman–Crippen MR) is 119 cm³/mol. The molecular formula is C22H24F3N7O. The molecule has 0 aliphatic carbocycles. The Labute approximate surface area is 188 Å². The molecule has 0 fully saturated rings. The number of carbonyl (C=O) groups is 1. The molecule has 174 valence electrons. The molecule has 11 heteroatoms. The fourth-order valence-corrected chi connectivity index (χ4v) is 3.26. The maximum Gasteiger partial charge on any atom is 0.416 e. The number of hydrogen-bond acceptors (Lipinski definition) is 6. The normalized spacial score (nSPS) is 11.4. The lowest BCUT2D eigenvalue weighted by Crippen LogP contribution is -2.37. The van der Waals surface area contributed by atoms with Gasteiger partial charge in [-0.1, -0.05) is 6.07 Å². The van der Waals surface area contributed by atoms with Gasteiger partial charge in [0.15, 0.2) is 0 Å². The molecule has 8 nitrogen and oxygen atoms in total. The lowest BCUT2D eigenvalue weighted by molar-refractivity contribution is -0.137. The van der Waals surface area contributed by atoms with Gasteiger partial charge >= 0.3 is 6.18 Å². The summed E-state index contributed by atoms with van der Waals surface area (Å²) in [5, 5.41) is 16.4. The molecule has 3 aromatic rings. The summed E-state index contributed by atoms with van der Waals surface area (Å²) < 4.78 is 40.8. The number of halogens is 3. The Morgan fingerprint density at radius 3 is 2.48 bits per heavy atom. The van der Waals surface area contributed by atoms with E-state index in [0.717, 1.165) is 17.8 Å². The minimum Gasteiger partial charge on any atom is -0.321 e. The first-order valence-electron chi connectivity index (χ1n) is 9.93. The molecule has 0 spiro atoms. The van der Waals surface area contributed by atoms with Crippen molar-refractivity contribution >= 4 is 23.0 Å². The van der Waals surface area contributed by atoms with Crippen LogP contribution < -0.4 is 16.2 Å². The van der Waals surface area contributed by atoms with Crippen LogP contribution in [0.3, 0.4) is 0 Å². The van der Waals surface area contributed by atoms with Crippen LogP contribution in [0.1, 0.15) is 38.4 Å². The zero-order valence-corrected chi connectivity index (χ0v) is 18.6. The lowest BCUT2D eigenvalue weighted by Gasteiger charge is -2.21. The van der Waals surface area contributed by atoms with E-state index in [1.54, 1.807) is 37.8 Å². The lowest BCUT2D eigenvalue weighted by atomic mass is 10.0. The highest BCUT2D eigenvalue weighted by Gasteiger charge is 2.31. The number of benzene rings is 1. The average molecular weight is 459 g/mol. The maximum absolute atomic E-state index is 13.0. The van der Waals surface area contributed by atoms with Crippen molar-refractivity contribution in [3.63, 3.8) is 0 Å². The van der Waals surface area contributed by atoms with Crippen molar-refractivity contribution in [1.82, 2.24) is 14.8 Å². The molecule has 0 saturated heterocycles. The quantitative estimate of drug-likeness (QED) is 0.295. The Morgan fingerprint density at radius 1 is 1.18 bits per heavy atom. The monoisotopic (exact) mass is 459 g/mol. The van der Waals surface area contributed by atoms with E-state index in [0.29, 0.717) is 22.5 Å². The van der Waals surface area contributed by atoms with Gasteiger partial charge in [0.05, 0.1) is 47.3 Å². The first kappa shape index (κ1) is 23.9. The van der Waals surface area contributed by atoms with E-state index in [1.807, 2.05) is 6.92 Å². The van der Waals surface area contributed by atoms with Gasteiger partial charge in [-0.2, -0.15) is 18.3 Å². The Bertz CT molecular complexity index is 1220. The van der Waals surface area contributed by atoms with E-state index >= 15 is 0 Å². The summed E-state index contributed by atoms with van der Waals surface area (Å²) >= 11 is 0. The second-order valence-corrected chi connectivity index (χ2v) is 7.68. The summed E-state index contributed by atoms with van der Waals surface area (Å²) in [7, 11) is 1.78. The van der Waals surface area contributed by atoms with Crippen LogP contribution in [0.5, 0.6) is 0 Å². The molecule has 3 rings (SSSR count). The molecule has 1 amide bonds. The third-order valence-corrected chi connectivity index (χ3v) is 5.33. The Kier molecular flexibility index (Phi) is 6.54. The van der Waals surface area contributed by atoms with E-state index in [-0.39, 0.29) is 23.5 Å².